The summed E-state index contributed by atoms with van der Waals surface area (Å²) < 4.78 is 10.3. The van der Waals surface area contributed by atoms with Crippen molar-refractivity contribution in [2.75, 3.05) is 19.0 Å². The highest BCUT2D eigenvalue weighted by Crippen LogP contribution is 2.37. The van der Waals surface area contributed by atoms with Gasteiger partial charge in [-0.05, 0) is 35.9 Å². The molecule has 7 nitrogen and oxygen atoms in total. The summed E-state index contributed by atoms with van der Waals surface area (Å²) >= 11 is 6.12. The van der Waals surface area contributed by atoms with Gasteiger partial charge in [0.15, 0.2) is 18.1 Å². The molecule has 0 unspecified atom stereocenters. The number of amides is 1. The minimum Gasteiger partial charge on any atom is -0.493 e. The summed E-state index contributed by atoms with van der Waals surface area (Å²) in [6.45, 7) is -0.589. The number of carboxylic acids is 1. The highest BCUT2D eigenvalue weighted by atomic mass is 35.5. The maximum atomic E-state index is 12.3. The number of para-hydroxylation sites is 1. The first-order chi connectivity index (χ1) is 12.9. The SMILES string of the molecule is COc1cc(/C=C(/C#N)C(=O)Nc2ccccc2)cc(Cl)c1OCC(=O)O. The van der Waals surface area contributed by atoms with Crippen LogP contribution >= 0.6 is 11.6 Å². The molecule has 138 valence electrons. The molecule has 0 saturated carbocycles. The zero-order valence-electron chi connectivity index (χ0n) is 14.2. The van der Waals surface area contributed by atoms with Crippen molar-refractivity contribution in [3.8, 4) is 17.6 Å². The molecule has 0 radical (unpaired) electrons. The van der Waals surface area contributed by atoms with Crippen molar-refractivity contribution in [1.29, 1.82) is 5.26 Å². The lowest BCUT2D eigenvalue weighted by Gasteiger charge is -2.12. The molecule has 2 aromatic carbocycles. The summed E-state index contributed by atoms with van der Waals surface area (Å²) in [7, 11) is 1.36. The molecule has 0 aromatic heterocycles. The van der Waals surface area contributed by atoms with Crippen LogP contribution in [0.15, 0.2) is 48.0 Å². The summed E-state index contributed by atoms with van der Waals surface area (Å²) in [5, 5.41) is 20.7. The maximum Gasteiger partial charge on any atom is 0.341 e. The van der Waals surface area contributed by atoms with Gasteiger partial charge >= 0.3 is 5.97 Å². The number of nitrogens with zero attached hydrogens (tertiary/aromatic N) is 1. The Kier molecular flexibility index (Phi) is 6.80. The Morgan fingerprint density at radius 3 is 2.59 bits per heavy atom. The van der Waals surface area contributed by atoms with Gasteiger partial charge in [0.25, 0.3) is 5.91 Å². The Morgan fingerprint density at radius 2 is 2.00 bits per heavy atom. The third-order valence-electron chi connectivity index (χ3n) is 3.30. The van der Waals surface area contributed by atoms with Gasteiger partial charge in [0.1, 0.15) is 11.6 Å². The van der Waals surface area contributed by atoms with Crippen molar-refractivity contribution >= 4 is 35.2 Å². The number of halogens is 1. The summed E-state index contributed by atoms with van der Waals surface area (Å²) in [5.41, 5.74) is 0.826. The zero-order chi connectivity index (χ0) is 19.8. The maximum absolute atomic E-state index is 12.3. The standard InChI is InChI=1S/C19H15ClN2O5/c1-26-16-9-12(8-15(20)18(16)27-11-17(23)24)7-13(10-21)19(25)22-14-5-3-2-4-6-14/h2-9H,11H2,1H3,(H,22,25)(H,23,24)/b13-7-. The lowest BCUT2D eigenvalue weighted by Crippen LogP contribution is -2.13. The molecule has 0 saturated heterocycles. The molecule has 0 aliphatic rings. The lowest BCUT2D eigenvalue weighted by atomic mass is 10.1. The molecule has 2 aromatic rings. The average Bonchev–Trinajstić information content (AvgIpc) is 2.65. The average molecular weight is 387 g/mol. The van der Waals surface area contributed by atoms with E-state index in [0.717, 1.165) is 0 Å². The van der Waals surface area contributed by atoms with E-state index in [2.05, 4.69) is 5.32 Å². The van der Waals surface area contributed by atoms with Crippen molar-refractivity contribution in [2.45, 2.75) is 0 Å². The van der Waals surface area contributed by atoms with Crippen LogP contribution in [0.4, 0.5) is 5.69 Å². The second-order valence-corrected chi connectivity index (χ2v) is 5.61. The Morgan fingerprint density at radius 1 is 1.30 bits per heavy atom. The number of nitriles is 1. The molecule has 27 heavy (non-hydrogen) atoms. The van der Waals surface area contributed by atoms with Gasteiger partial charge in [0, 0.05) is 5.69 Å². The van der Waals surface area contributed by atoms with Crippen LogP contribution < -0.4 is 14.8 Å². The van der Waals surface area contributed by atoms with Crippen LogP contribution in [-0.2, 0) is 9.59 Å². The van der Waals surface area contributed by atoms with Crippen LogP contribution in [0.25, 0.3) is 6.08 Å². The number of carboxylic acid groups (broad SMARTS) is 1. The Bertz CT molecular complexity index is 920. The Labute approximate surface area is 160 Å². The third kappa shape index (κ3) is 5.49. The number of ether oxygens (including phenoxy) is 2. The number of nitrogens with one attached hydrogen (secondary N) is 1. The summed E-state index contributed by atoms with van der Waals surface area (Å²) in [6, 6.07) is 13.5. The van der Waals surface area contributed by atoms with E-state index in [-0.39, 0.29) is 22.1 Å². The van der Waals surface area contributed by atoms with Crippen molar-refractivity contribution in [3.63, 3.8) is 0 Å². The number of hydrogen-bond acceptors (Lipinski definition) is 5. The number of carbonyl (C=O) groups is 2. The molecule has 1 amide bonds. The molecule has 0 bridgehead atoms. The quantitative estimate of drug-likeness (QED) is 0.558. The van der Waals surface area contributed by atoms with E-state index in [1.165, 1.54) is 25.3 Å². The van der Waals surface area contributed by atoms with Gasteiger partial charge in [-0.2, -0.15) is 5.26 Å². The largest absolute Gasteiger partial charge is 0.493 e. The van der Waals surface area contributed by atoms with Crippen LogP contribution in [0.2, 0.25) is 5.02 Å². The zero-order valence-corrected chi connectivity index (χ0v) is 15.0. The predicted octanol–water partition coefficient (Wildman–Crippen LogP) is 3.36. The van der Waals surface area contributed by atoms with Gasteiger partial charge in [-0.15, -0.1) is 0 Å². The van der Waals surface area contributed by atoms with E-state index in [1.54, 1.807) is 30.3 Å². The highest BCUT2D eigenvalue weighted by molar-refractivity contribution is 6.32. The van der Waals surface area contributed by atoms with E-state index < -0.39 is 18.5 Å². The number of carbonyl (C=O) groups excluding carboxylic acids is 1. The smallest absolute Gasteiger partial charge is 0.341 e. The number of hydrogen-bond donors (Lipinski definition) is 2. The van der Waals surface area contributed by atoms with Gasteiger partial charge in [0.2, 0.25) is 0 Å². The van der Waals surface area contributed by atoms with Crippen LogP contribution in [0.3, 0.4) is 0 Å². The molecular weight excluding hydrogens is 372 g/mol. The van der Waals surface area contributed by atoms with Crippen molar-refractivity contribution in [3.05, 3.63) is 58.6 Å². The highest BCUT2D eigenvalue weighted by Gasteiger charge is 2.15. The molecule has 8 heteroatoms. The van der Waals surface area contributed by atoms with E-state index in [4.69, 9.17) is 26.2 Å². The first kappa shape index (κ1) is 19.8. The monoisotopic (exact) mass is 386 g/mol. The fourth-order valence-corrected chi connectivity index (χ4v) is 2.41. The molecular formula is C19H15ClN2O5. The van der Waals surface area contributed by atoms with E-state index in [9.17, 15) is 14.9 Å². The summed E-state index contributed by atoms with van der Waals surface area (Å²) in [4.78, 5) is 22.9. The Hall–Kier alpha value is -3.50. The van der Waals surface area contributed by atoms with Crippen LogP contribution in [0.1, 0.15) is 5.56 Å². The van der Waals surface area contributed by atoms with Gasteiger partial charge < -0.3 is 19.9 Å². The van der Waals surface area contributed by atoms with Crippen LogP contribution in [0.5, 0.6) is 11.5 Å². The normalized spacial score (nSPS) is 10.6. The minimum absolute atomic E-state index is 0.0611. The van der Waals surface area contributed by atoms with Crippen LogP contribution in [0, 0.1) is 11.3 Å². The topological polar surface area (TPSA) is 109 Å². The van der Waals surface area contributed by atoms with Gasteiger partial charge in [-0.3, -0.25) is 4.79 Å². The van der Waals surface area contributed by atoms with Gasteiger partial charge in [-0.25, -0.2) is 4.79 Å². The molecule has 0 atom stereocenters. The van der Waals surface area contributed by atoms with Gasteiger partial charge in [-0.1, -0.05) is 29.8 Å². The number of anilines is 1. The molecule has 0 heterocycles. The third-order valence-corrected chi connectivity index (χ3v) is 3.58. The number of benzene rings is 2. The van der Waals surface area contributed by atoms with Crippen LogP contribution in [-0.4, -0.2) is 30.7 Å². The summed E-state index contributed by atoms with van der Waals surface area (Å²) in [5.74, 6) is -1.51. The number of methoxy groups -OCH3 is 1. The molecule has 0 aliphatic heterocycles. The van der Waals surface area contributed by atoms with E-state index in [0.29, 0.717) is 11.3 Å². The number of rotatable bonds is 7. The first-order valence-corrected chi connectivity index (χ1v) is 8.02. The van der Waals surface area contributed by atoms with Gasteiger partial charge in [0.05, 0.1) is 12.1 Å². The molecule has 2 rings (SSSR count). The van der Waals surface area contributed by atoms with Crippen molar-refractivity contribution in [1.82, 2.24) is 0 Å². The second kappa shape index (κ2) is 9.27. The molecule has 0 spiro atoms. The van der Waals surface area contributed by atoms with E-state index in [1.807, 2.05) is 6.07 Å². The predicted molar refractivity (Wildman–Crippen MR) is 99.8 cm³/mol. The van der Waals surface area contributed by atoms with E-state index >= 15 is 0 Å². The van der Waals surface area contributed by atoms with Crippen molar-refractivity contribution in [2.24, 2.45) is 0 Å². The second-order valence-electron chi connectivity index (χ2n) is 5.21. The molecule has 2 N–H and O–H groups in total. The lowest BCUT2D eigenvalue weighted by molar-refractivity contribution is -0.139. The molecule has 0 aliphatic carbocycles. The fraction of sp³-hybridized carbons (Fsp3) is 0.105. The fourth-order valence-electron chi connectivity index (χ4n) is 2.13. The minimum atomic E-state index is -1.17. The summed E-state index contributed by atoms with van der Waals surface area (Å²) in [6.07, 6.45) is 1.34. The molecule has 0 fully saturated rings. The Balaban J connectivity index is 2.29. The first-order valence-electron chi connectivity index (χ1n) is 7.65. The van der Waals surface area contributed by atoms with Crippen molar-refractivity contribution < 1.29 is 24.2 Å². The number of aliphatic carboxylic acids is 1.